The van der Waals surface area contributed by atoms with Crippen LogP contribution in [0.25, 0.3) is 0 Å². The zero-order chi connectivity index (χ0) is 23.7. The van der Waals surface area contributed by atoms with E-state index < -0.39 is 53.7 Å². The molecule has 174 valence electrons. The highest BCUT2D eigenvalue weighted by molar-refractivity contribution is 14.1. The van der Waals surface area contributed by atoms with Gasteiger partial charge in [-0.1, -0.05) is 0 Å². The van der Waals surface area contributed by atoms with E-state index in [1.807, 2.05) is 28.1 Å². The molecule has 0 radical (unpaired) electrons. The number of aliphatic hydroxyl groups is 1. The van der Waals surface area contributed by atoms with Crippen molar-refractivity contribution in [3.63, 3.8) is 0 Å². The Morgan fingerprint density at radius 2 is 1.88 bits per heavy atom. The van der Waals surface area contributed by atoms with Crippen LogP contribution in [-0.2, 0) is 20.9 Å². The van der Waals surface area contributed by atoms with Gasteiger partial charge in [0.1, 0.15) is 5.82 Å². The quantitative estimate of drug-likeness (QED) is 0.189. The lowest BCUT2D eigenvalue weighted by atomic mass is 10.1. The van der Waals surface area contributed by atoms with Gasteiger partial charge >= 0.3 is 0 Å². The lowest BCUT2D eigenvalue weighted by molar-refractivity contribution is -0.122. The van der Waals surface area contributed by atoms with Crippen molar-refractivity contribution >= 4 is 45.8 Å². The summed E-state index contributed by atoms with van der Waals surface area (Å²) in [5, 5.41) is 13.6. The Bertz CT molecular complexity index is 978. The van der Waals surface area contributed by atoms with Gasteiger partial charge in [-0.05, 0) is 46.9 Å². The molecule has 0 heterocycles. The van der Waals surface area contributed by atoms with E-state index in [0.29, 0.717) is 3.57 Å². The standard InChI is InChI=1S/C20H21F3IN3O5/c1-31-6-4-16(29)25-10-11-8-13(20(30)27-32-7-5-28)19(18(23)17(11)22)26-15-3-2-12(24)9-14(15)21/h2-3,8-9,26,28H,4-7,10H2,1H3,(H,25,29)(H,27,30). The second-order valence-electron chi connectivity index (χ2n) is 6.36. The number of anilines is 2. The average Bonchev–Trinajstić information content (AvgIpc) is 2.76. The van der Waals surface area contributed by atoms with Crippen LogP contribution < -0.4 is 16.1 Å². The molecule has 2 aromatic carbocycles. The van der Waals surface area contributed by atoms with Gasteiger partial charge in [0.15, 0.2) is 11.6 Å². The summed E-state index contributed by atoms with van der Waals surface area (Å²) in [6.07, 6.45) is 0.00860. The summed E-state index contributed by atoms with van der Waals surface area (Å²) >= 11 is 1.88. The number of hydroxylamine groups is 1. The zero-order valence-electron chi connectivity index (χ0n) is 16.9. The molecule has 2 rings (SSSR count). The van der Waals surface area contributed by atoms with Gasteiger partial charge in [0, 0.05) is 29.2 Å². The summed E-state index contributed by atoms with van der Waals surface area (Å²) in [5.41, 5.74) is 0.468. The molecule has 0 bridgehead atoms. The predicted molar refractivity (Wildman–Crippen MR) is 118 cm³/mol. The number of nitrogens with one attached hydrogen (secondary N) is 3. The van der Waals surface area contributed by atoms with Crippen molar-refractivity contribution in [2.75, 3.05) is 32.2 Å². The molecule has 0 saturated carbocycles. The molecule has 0 fully saturated rings. The first-order valence-corrected chi connectivity index (χ1v) is 10.4. The summed E-state index contributed by atoms with van der Waals surface area (Å²) in [4.78, 5) is 29.0. The Balaban J connectivity index is 2.40. The largest absolute Gasteiger partial charge is 0.394 e. The molecule has 2 amide bonds. The van der Waals surface area contributed by atoms with Gasteiger partial charge < -0.3 is 20.5 Å². The molecule has 32 heavy (non-hydrogen) atoms. The Morgan fingerprint density at radius 1 is 1.12 bits per heavy atom. The van der Waals surface area contributed by atoms with E-state index in [1.54, 1.807) is 0 Å². The number of rotatable bonds is 11. The van der Waals surface area contributed by atoms with E-state index in [1.165, 1.54) is 25.3 Å². The van der Waals surface area contributed by atoms with Crippen LogP contribution in [0.3, 0.4) is 0 Å². The Labute approximate surface area is 195 Å². The van der Waals surface area contributed by atoms with Crippen LogP contribution in [-0.4, -0.2) is 43.9 Å². The molecular formula is C20H21F3IN3O5. The first-order valence-electron chi connectivity index (χ1n) is 9.30. The maximum atomic E-state index is 14.9. The van der Waals surface area contributed by atoms with E-state index in [-0.39, 0.29) is 30.9 Å². The Morgan fingerprint density at radius 3 is 2.53 bits per heavy atom. The second-order valence-corrected chi connectivity index (χ2v) is 7.60. The van der Waals surface area contributed by atoms with Crippen molar-refractivity contribution in [2.24, 2.45) is 0 Å². The van der Waals surface area contributed by atoms with Crippen LogP contribution in [0.5, 0.6) is 0 Å². The minimum absolute atomic E-state index is 0.00860. The maximum Gasteiger partial charge on any atom is 0.277 e. The normalized spacial score (nSPS) is 10.7. The molecule has 0 unspecified atom stereocenters. The Hall–Kier alpha value is -2.42. The fourth-order valence-corrected chi connectivity index (χ4v) is 2.98. The van der Waals surface area contributed by atoms with E-state index in [0.717, 1.165) is 6.07 Å². The number of amides is 2. The third kappa shape index (κ3) is 7.05. The molecule has 2 aromatic rings. The van der Waals surface area contributed by atoms with Crippen molar-refractivity contribution in [1.29, 1.82) is 0 Å². The van der Waals surface area contributed by atoms with Crippen LogP contribution in [0.1, 0.15) is 22.3 Å². The van der Waals surface area contributed by atoms with E-state index in [9.17, 15) is 22.8 Å². The maximum absolute atomic E-state index is 14.9. The molecule has 0 saturated heterocycles. The van der Waals surface area contributed by atoms with Crippen molar-refractivity contribution in [2.45, 2.75) is 13.0 Å². The van der Waals surface area contributed by atoms with Gasteiger partial charge in [0.25, 0.3) is 5.91 Å². The lowest BCUT2D eigenvalue weighted by Crippen LogP contribution is -2.28. The number of hydrogen-bond donors (Lipinski definition) is 4. The van der Waals surface area contributed by atoms with Crippen molar-refractivity contribution < 1.29 is 37.4 Å². The van der Waals surface area contributed by atoms with E-state index in [2.05, 4.69) is 10.6 Å². The highest BCUT2D eigenvalue weighted by atomic mass is 127. The van der Waals surface area contributed by atoms with Crippen molar-refractivity contribution in [1.82, 2.24) is 10.8 Å². The zero-order valence-corrected chi connectivity index (χ0v) is 19.1. The first-order chi connectivity index (χ1) is 15.3. The highest BCUT2D eigenvalue weighted by Crippen LogP contribution is 2.30. The van der Waals surface area contributed by atoms with Gasteiger partial charge in [-0.15, -0.1) is 0 Å². The van der Waals surface area contributed by atoms with Crippen LogP contribution in [0.4, 0.5) is 24.5 Å². The molecule has 0 atom stereocenters. The fourth-order valence-electron chi connectivity index (χ4n) is 2.53. The van der Waals surface area contributed by atoms with Gasteiger partial charge in [-0.25, -0.2) is 18.7 Å². The minimum Gasteiger partial charge on any atom is -0.394 e. The molecule has 0 aromatic heterocycles. The summed E-state index contributed by atoms with van der Waals surface area (Å²) in [7, 11) is 1.41. The molecular weight excluding hydrogens is 546 g/mol. The molecule has 0 aliphatic heterocycles. The van der Waals surface area contributed by atoms with Crippen molar-refractivity contribution in [3.8, 4) is 0 Å². The number of benzene rings is 2. The second kappa shape index (κ2) is 12.6. The highest BCUT2D eigenvalue weighted by Gasteiger charge is 2.24. The third-order valence-electron chi connectivity index (χ3n) is 4.08. The van der Waals surface area contributed by atoms with Gasteiger partial charge in [-0.3, -0.25) is 14.4 Å². The van der Waals surface area contributed by atoms with Crippen LogP contribution in [0, 0.1) is 21.0 Å². The third-order valence-corrected chi connectivity index (χ3v) is 4.76. The van der Waals surface area contributed by atoms with E-state index >= 15 is 0 Å². The topological polar surface area (TPSA) is 109 Å². The average molecular weight is 567 g/mol. The predicted octanol–water partition coefficient (Wildman–Crippen LogP) is 2.76. The fraction of sp³-hybridized carbons (Fsp3) is 0.300. The summed E-state index contributed by atoms with van der Waals surface area (Å²) in [5.74, 6) is -4.95. The number of carbonyl (C=O) groups is 2. The Kier molecular flexibility index (Phi) is 10.2. The summed E-state index contributed by atoms with van der Waals surface area (Å²) in [6.45, 7) is -0.896. The van der Waals surface area contributed by atoms with Gasteiger partial charge in [-0.2, -0.15) is 0 Å². The number of aliphatic hydroxyl groups excluding tert-OH is 1. The number of ether oxygens (including phenoxy) is 1. The molecule has 0 aliphatic rings. The SMILES string of the molecule is COCCC(=O)NCc1cc(C(=O)NOCCO)c(Nc2ccc(I)cc2F)c(F)c1F. The molecule has 4 N–H and O–H groups in total. The van der Waals surface area contributed by atoms with Crippen LogP contribution in [0.2, 0.25) is 0 Å². The smallest absolute Gasteiger partial charge is 0.277 e. The monoisotopic (exact) mass is 567 g/mol. The minimum atomic E-state index is -1.45. The van der Waals surface area contributed by atoms with Crippen LogP contribution >= 0.6 is 22.6 Å². The number of halogens is 4. The number of methoxy groups -OCH3 is 1. The van der Waals surface area contributed by atoms with Gasteiger partial charge in [0.2, 0.25) is 5.91 Å². The molecule has 0 aliphatic carbocycles. The molecule has 8 nitrogen and oxygen atoms in total. The molecule has 12 heteroatoms. The van der Waals surface area contributed by atoms with Crippen molar-refractivity contribution in [3.05, 3.63) is 56.4 Å². The number of hydrogen-bond acceptors (Lipinski definition) is 6. The van der Waals surface area contributed by atoms with E-state index in [4.69, 9.17) is 14.7 Å². The lowest BCUT2D eigenvalue weighted by Gasteiger charge is -2.17. The van der Waals surface area contributed by atoms with Gasteiger partial charge in [0.05, 0.1) is 36.8 Å². The van der Waals surface area contributed by atoms with Crippen LogP contribution in [0.15, 0.2) is 24.3 Å². The summed E-state index contributed by atoms with van der Waals surface area (Å²) in [6, 6.07) is 5.03. The summed E-state index contributed by atoms with van der Waals surface area (Å²) < 4.78 is 49.2. The number of carbonyl (C=O) groups excluding carboxylic acids is 2. The molecule has 0 spiro atoms. The first kappa shape index (κ1) is 25.8.